The molecule has 0 bridgehead atoms. The standard InChI is InChI=1S/C4H9NO2/c1-3(6)5-2-4(5)7/h3-4,6-7H,2H2,1H3. The first-order valence-electron chi connectivity index (χ1n) is 2.33. The number of aliphatic hydroxyl groups is 2. The molecule has 42 valence electrons. The molecule has 0 aliphatic carbocycles. The molecule has 1 saturated heterocycles. The summed E-state index contributed by atoms with van der Waals surface area (Å²) in [5.74, 6) is 0. The van der Waals surface area contributed by atoms with E-state index < -0.39 is 6.23 Å². The first-order chi connectivity index (χ1) is 3.22. The largest absolute Gasteiger partial charge is 0.379 e. The third-order valence-electron chi connectivity index (χ3n) is 1.10. The Morgan fingerprint density at radius 3 is 2.29 bits per heavy atom. The molecule has 1 rings (SSSR count). The highest BCUT2D eigenvalue weighted by Crippen LogP contribution is 2.15. The Hall–Kier alpha value is -0.120. The zero-order valence-electron chi connectivity index (χ0n) is 4.20. The maximum absolute atomic E-state index is 8.63. The zero-order chi connectivity index (χ0) is 5.44. The summed E-state index contributed by atoms with van der Waals surface area (Å²) in [4.78, 5) is 1.57. The smallest absolute Gasteiger partial charge is 0.122 e. The van der Waals surface area contributed by atoms with Crippen molar-refractivity contribution in [2.75, 3.05) is 6.54 Å². The molecule has 0 spiro atoms. The Kier molecular flexibility index (Phi) is 1.03. The van der Waals surface area contributed by atoms with Gasteiger partial charge in [-0.05, 0) is 6.92 Å². The third kappa shape index (κ3) is 0.907. The van der Waals surface area contributed by atoms with Crippen molar-refractivity contribution < 1.29 is 10.2 Å². The molecule has 1 aliphatic heterocycles. The lowest BCUT2D eigenvalue weighted by Gasteiger charge is -2.00. The monoisotopic (exact) mass is 103 g/mol. The first-order valence-corrected chi connectivity index (χ1v) is 2.33. The number of aliphatic hydroxyl groups excluding tert-OH is 2. The molecule has 3 nitrogen and oxygen atoms in total. The van der Waals surface area contributed by atoms with E-state index in [1.54, 1.807) is 11.8 Å². The molecule has 0 saturated carbocycles. The van der Waals surface area contributed by atoms with Crippen LogP contribution in [0.4, 0.5) is 0 Å². The molecule has 0 radical (unpaired) electrons. The zero-order valence-corrected chi connectivity index (χ0v) is 4.20. The third-order valence-corrected chi connectivity index (χ3v) is 1.10. The first kappa shape index (κ1) is 5.03. The predicted molar refractivity (Wildman–Crippen MR) is 24.4 cm³/mol. The summed E-state index contributed by atoms with van der Waals surface area (Å²) in [6.07, 6.45) is -0.852. The second-order valence-electron chi connectivity index (χ2n) is 1.81. The van der Waals surface area contributed by atoms with Gasteiger partial charge in [0.2, 0.25) is 0 Å². The second kappa shape index (κ2) is 1.43. The molecule has 7 heavy (non-hydrogen) atoms. The fourth-order valence-corrected chi connectivity index (χ4v) is 0.543. The van der Waals surface area contributed by atoms with Gasteiger partial charge in [0.15, 0.2) is 0 Å². The van der Waals surface area contributed by atoms with Gasteiger partial charge in [-0.25, -0.2) is 4.90 Å². The van der Waals surface area contributed by atoms with E-state index in [4.69, 9.17) is 10.2 Å². The molecular weight excluding hydrogens is 94.0 g/mol. The molecule has 0 amide bonds. The van der Waals surface area contributed by atoms with E-state index >= 15 is 0 Å². The Morgan fingerprint density at radius 1 is 1.86 bits per heavy atom. The molecular formula is C4H9NO2. The van der Waals surface area contributed by atoms with E-state index in [-0.39, 0.29) is 6.23 Å². The highest BCUT2D eigenvalue weighted by atomic mass is 16.3. The number of β-amino-alcohol motifs (C(OH)–C–C–N with tert-alkyl or cyclic N) is 1. The molecule has 2 N–H and O–H groups in total. The van der Waals surface area contributed by atoms with Crippen LogP contribution < -0.4 is 0 Å². The van der Waals surface area contributed by atoms with Crippen LogP contribution in [0.25, 0.3) is 0 Å². The van der Waals surface area contributed by atoms with Crippen LogP contribution in [0.3, 0.4) is 0 Å². The van der Waals surface area contributed by atoms with Gasteiger partial charge in [0, 0.05) is 6.54 Å². The summed E-state index contributed by atoms with van der Waals surface area (Å²) in [5.41, 5.74) is 0. The van der Waals surface area contributed by atoms with Crippen LogP contribution in [0.1, 0.15) is 6.92 Å². The molecule has 3 heteroatoms. The minimum atomic E-state index is -0.477. The predicted octanol–water partition coefficient (Wildman–Crippen LogP) is -1.04. The minimum Gasteiger partial charge on any atom is -0.379 e. The van der Waals surface area contributed by atoms with Gasteiger partial charge >= 0.3 is 0 Å². The average molecular weight is 103 g/mol. The summed E-state index contributed by atoms with van der Waals surface area (Å²) < 4.78 is 0. The van der Waals surface area contributed by atoms with E-state index in [0.717, 1.165) is 0 Å². The van der Waals surface area contributed by atoms with E-state index in [1.165, 1.54) is 0 Å². The number of hydrogen-bond donors (Lipinski definition) is 2. The summed E-state index contributed by atoms with van der Waals surface area (Å²) in [6, 6.07) is 0. The van der Waals surface area contributed by atoms with Gasteiger partial charge in [0.1, 0.15) is 12.5 Å². The second-order valence-corrected chi connectivity index (χ2v) is 1.81. The summed E-state index contributed by atoms with van der Waals surface area (Å²) in [5, 5.41) is 17.2. The van der Waals surface area contributed by atoms with Crippen LogP contribution in [0, 0.1) is 0 Å². The molecule has 1 heterocycles. The fourth-order valence-electron chi connectivity index (χ4n) is 0.543. The molecule has 1 fully saturated rings. The molecule has 3 unspecified atom stereocenters. The Balaban J connectivity index is 2.20. The van der Waals surface area contributed by atoms with Crippen LogP contribution in [0.2, 0.25) is 0 Å². The number of hydrogen-bond acceptors (Lipinski definition) is 3. The summed E-state index contributed by atoms with van der Waals surface area (Å²) >= 11 is 0. The van der Waals surface area contributed by atoms with Crippen molar-refractivity contribution in [1.29, 1.82) is 0 Å². The van der Waals surface area contributed by atoms with Crippen molar-refractivity contribution in [2.45, 2.75) is 19.4 Å². The summed E-state index contributed by atoms with van der Waals surface area (Å²) in [7, 11) is 0. The van der Waals surface area contributed by atoms with Crippen molar-refractivity contribution in [2.24, 2.45) is 0 Å². The topological polar surface area (TPSA) is 43.5 Å². The van der Waals surface area contributed by atoms with Crippen molar-refractivity contribution in [3.05, 3.63) is 0 Å². The van der Waals surface area contributed by atoms with Crippen molar-refractivity contribution in [1.82, 2.24) is 4.90 Å². The summed E-state index contributed by atoms with van der Waals surface area (Å²) in [6.45, 7) is 2.26. The van der Waals surface area contributed by atoms with Crippen molar-refractivity contribution in [3.8, 4) is 0 Å². The van der Waals surface area contributed by atoms with Gasteiger partial charge in [-0.1, -0.05) is 0 Å². The van der Waals surface area contributed by atoms with Crippen molar-refractivity contribution >= 4 is 0 Å². The van der Waals surface area contributed by atoms with Gasteiger partial charge in [-0.3, -0.25) is 0 Å². The van der Waals surface area contributed by atoms with Crippen LogP contribution >= 0.6 is 0 Å². The van der Waals surface area contributed by atoms with E-state index in [0.29, 0.717) is 6.54 Å². The molecule has 3 atom stereocenters. The highest BCUT2D eigenvalue weighted by Gasteiger charge is 2.34. The van der Waals surface area contributed by atoms with Gasteiger partial charge in [-0.2, -0.15) is 0 Å². The quantitative estimate of drug-likeness (QED) is 0.416. The maximum Gasteiger partial charge on any atom is 0.122 e. The van der Waals surface area contributed by atoms with Crippen LogP contribution in [-0.2, 0) is 0 Å². The molecule has 0 aromatic rings. The number of rotatable bonds is 1. The van der Waals surface area contributed by atoms with Gasteiger partial charge in [-0.15, -0.1) is 0 Å². The van der Waals surface area contributed by atoms with Crippen molar-refractivity contribution in [3.63, 3.8) is 0 Å². The van der Waals surface area contributed by atoms with E-state index in [2.05, 4.69) is 0 Å². The van der Waals surface area contributed by atoms with Crippen LogP contribution in [0.15, 0.2) is 0 Å². The van der Waals surface area contributed by atoms with E-state index in [1.807, 2.05) is 0 Å². The SMILES string of the molecule is CC(O)N1CC1O. The molecule has 0 aromatic carbocycles. The highest BCUT2D eigenvalue weighted by molar-refractivity contribution is 4.78. The van der Waals surface area contributed by atoms with Gasteiger partial charge in [0.05, 0.1) is 0 Å². The van der Waals surface area contributed by atoms with E-state index in [9.17, 15) is 0 Å². The van der Waals surface area contributed by atoms with Crippen LogP contribution in [-0.4, -0.2) is 34.1 Å². The normalized spacial score (nSPS) is 43.3. The Bertz CT molecular complexity index is 74.1. The molecule has 1 aliphatic rings. The Morgan fingerprint density at radius 2 is 2.29 bits per heavy atom. The number of nitrogens with zero attached hydrogens (tertiary/aromatic N) is 1. The van der Waals surface area contributed by atoms with Crippen LogP contribution in [0.5, 0.6) is 0 Å². The molecule has 0 aromatic heterocycles. The fraction of sp³-hybridized carbons (Fsp3) is 1.00. The minimum absolute atomic E-state index is 0.375. The Labute approximate surface area is 42.2 Å². The van der Waals surface area contributed by atoms with Gasteiger partial charge < -0.3 is 10.2 Å². The lowest BCUT2D eigenvalue weighted by Crippen LogP contribution is -2.14. The lowest BCUT2D eigenvalue weighted by molar-refractivity contribution is 0.0532. The average Bonchev–Trinajstić information content (AvgIpc) is 2.17. The maximum atomic E-state index is 8.63. The van der Waals surface area contributed by atoms with Gasteiger partial charge in [0.25, 0.3) is 0 Å². The lowest BCUT2D eigenvalue weighted by atomic mass is 10.7.